The fraction of sp³-hybridized carbons (Fsp3) is 0.933. The maximum atomic E-state index is 12.9. The molecule has 0 aromatic heterocycles. The molecule has 0 amide bonds. The van der Waals surface area contributed by atoms with E-state index in [1.807, 2.05) is 0 Å². The number of carbonyl (C=O) groups excluding carboxylic acids is 4. The molecule has 0 saturated carbocycles. The molecule has 468 valence electrons. The van der Waals surface area contributed by atoms with E-state index >= 15 is 0 Å². The largest absolute Gasteiger partial charge is 0.472 e. The molecule has 3 N–H and O–H groups in total. The van der Waals surface area contributed by atoms with E-state index in [0.29, 0.717) is 31.6 Å². The van der Waals surface area contributed by atoms with Crippen LogP contribution in [0.4, 0.5) is 0 Å². The Labute approximate surface area is 479 Å². The minimum Gasteiger partial charge on any atom is -0.462 e. The van der Waals surface area contributed by atoms with Crippen LogP contribution in [-0.4, -0.2) is 96.7 Å². The van der Waals surface area contributed by atoms with E-state index in [1.165, 1.54) is 89.9 Å². The molecule has 0 aliphatic rings. The zero-order valence-electron chi connectivity index (χ0n) is 50.7. The van der Waals surface area contributed by atoms with Crippen molar-refractivity contribution in [3.05, 3.63) is 0 Å². The monoisotopic (exact) mass is 1170 g/mol. The summed E-state index contributed by atoms with van der Waals surface area (Å²) >= 11 is 0. The van der Waals surface area contributed by atoms with Crippen molar-refractivity contribution in [1.29, 1.82) is 0 Å². The predicted octanol–water partition coefficient (Wildman–Crippen LogP) is 16.1. The quantitative estimate of drug-likeness (QED) is 0.0222. The van der Waals surface area contributed by atoms with Crippen molar-refractivity contribution in [2.45, 2.75) is 310 Å². The Kier molecular flexibility index (Phi) is 51.5. The fourth-order valence-corrected chi connectivity index (χ4v) is 10.4. The summed E-state index contributed by atoms with van der Waals surface area (Å²) in [6, 6.07) is 0. The zero-order chi connectivity index (χ0) is 58.7. The van der Waals surface area contributed by atoms with Gasteiger partial charge in [-0.05, 0) is 37.5 Å². The Hall–Kier alpha value is -1.94. The topological polar surface area (TPSA) is 237 Å². The molecule has 0 radical (unpaired) electrons. The Morgan fingerprint density at radius 2 is 0.582 bits per heavy atom. The van der Waals surface area contributed by atoms with Crippen LogP contribution in [0, 0.1) is 11.8 Å². The van der Waals surface area contributed by atoms with Gasteiger partial charge >= 0.3 is 39.5 Å². The lowest BCUT2D eigenvalue weighted by Crippen LogP contribution is -2.30. The average Bonchev–Trinajstić information content (AvgIpc) is 3.40. The molecule has 0 fully saturated rings. The van der Waals surface area contributed by atoms with E-state index in [-0.39, 0.29) is 25.7 Å². The summed E-state index contributed by atoms with van der Waals surface area (Å²) in [6.07, 6.45) is 33.6. The lowest BCUT2D eigenvalue weighted by molar-refractivity contribution is -0.161. The van der Waals surface area contributed by atoms with E-state index in [2.05, 4.69) is 41.5 Å². The summed E-state index contributed by atoms with van der Waals surface area (Å²) < 4.78 is 67.7. The van der Waals surface area contributed by atoms with Crippen LogP contribution >= 0.6 is 15.6 Å². The minimum atomic E-state index is -4.94. The molecule has 2 unspecified atom stereocenters. The first kappa shape index (κ1) is 77.1. The molecule has 0 rings (SSSR count). The number of hydrogen-bond acceptors (Lipinski definition) is 15. The normalized spacial score (nSPS) is 14.4. The van der Waals surface area contributed by atoms with Crippen molar-refractivity contribution in [3.8, 4) is 0 Å². The minimum absolute atomic E-state index is 0.104. The highest BCUT2D eigenvalue weighted by atomic mass is 31.2. The van der Waals surface area contributed by atoms with Crippen molar-refractivity contribution in [1.82, 2.24) is 0 Å². The highest BCUT2D eigenvalue weighted by molar-refractivity contribution is 7.47. The molecule has 0 spiro atoms. The lowest BCUT2D eigenvalue weighted by atomic mass is 10.0. The molecule has 0 aliphatic carbocycles. The molecule has 0 bridgehead atoms. The van der Waals surface area contributed by atoms with Gasteiger partial charge in [0, 0.05) is 25.7 Å². The third-order valence-corrected chi connectivity index (χ3v) is 15.6. The zero-order valence-corrected chi connectivity index (χ0v) is 52.4. The van der Waals surface area contributed by atoms with Crippen molar-refractivity contribution in [2.75, 3.05) is 39.6 Å². The molecule has 0 saturated heterocycles. The van der Waals surface area contributed by atoms with Crippen molar-refractivity contribution in [3.63, 3.8) is 0 Å². The van der Waals surface area contributed by atoms with E-state index < -0.39 is 97.5 Å². The van der Waals surface area contributed by atoms with Gasteiger partial charge in [0.1, 0.15) is 19.3 Å². The van der Waals surface area contributed by atoms with Gasteiger partial charge in [-0.3, -0.25) is 37.3 Å². The number of aliphatic hydroxyl groups excluding tert-OH is 1. The molecular weight excluding hydrogens is 1050 g/mol. The molecule has 19 heteroatoms. The smallest absolute Gasteiger partial charge is 0.462 e. The standard InChI is InChI=1S/C60H116O17P2/c1-7-9-11-13-15-24-30-36-42-57(62)70-48-55(76-59(64)44-38-32-25-16-14-12-10-8-2)50-74-78(66,67)72-46-54(61)47-73-79(68,69)75-51-56(49-71-58(63)43-37-31-27-21-23-29-35-41-53(5)6)77-60(65)45-39-33-26-20-18-17-19-22-28-34-40-52(3)4/h52-56,61H,7-51H2,1-6H3,(H,66,67)(H,68,69)/t54-,55+,56+/m0/s1. The van der Waals surface area contributed by atoms with Gasteiger partial charge in [0.25, 0.3) is 0 Å². The van der Waals surface area contributed by atoms with Gasteiger partial charge in [-0.15, -0.1) is 0 Å². The van der Waals surface area contributed by atoms with E-state index in [1.54, 1.807) is 0 Å². The van der Waals surface area contributed by atoms with Gasteiger partial charge in [0.05, 0.1) is 26.4 Å². The number of esters is 4. The van der Waals surface area contributed by atoms with Crippen molar-refractivity contribution >= 4 is 39.5 Å². The number of aliphatic hydroxyl groups is 1. The first-order valence-corrected chi connectivity index (χ1v) is 34.5. The van der Waals surface area contributed by atoms with Crippen molar-refractivity contribution in [2.24, 2.45) is 11.8 Å². The first-order chi connectivity index (χ1) is 37.9. The Bertz CT molecular complexity index is 1560. The van der Waals surface area contributed by atoms with Gasteiger partial charge in [-0.25, -0.2) is 9.13 Å². The Morgan fingerprint density at radius 1 is 0.342 bits per heavy atom. The second kappa shape index (κ2) is 52.8. The van der Waals surface area contributed by atoms with Crippen molar-refractivity contribution < 1.29 is 80.2 Å². The van der Waals surface area contributed by atoms with Crippen LogP contribution in [-0.2, 0) is 65.4 Å². The van der Waals surface area contributed by atoms with Gasteiger partial charge in [0.2, 0.25) is 0 Å². The third kappa shape index (κ3) is 55.0. The second-order valence-corrected chi connectivity index (χ2v) is 25.6. The third-order valence-electron chi connectivity index (χ3n) is 13.7. The van der Waals surface area contributed by atoms with Gasteiger partial charge in [-0.2, -0.15) is 0 Å². The summed E-state index contributed by atoms with van der Waals surface area (Å²) in [5, 5.41) is 10.5. The predicted molar refractivity (Wildman–Crippen MR) is 312 cm³/mol. The van der Waals surface area contributed by atoms with Crippen LogP contribution < -0.4 is 0 Å². The molecule has 0 aromatic carbocycles. The molecule has 17 nitrogen and oxygen atoms in total. The van der Waals surface area contributed by atoms with E-state index in [9.17, 15) is 43.2 Å². The maximum Gasteiger partial charge on any atom is 0.472 e. The number of phosphoric acid groups is 2. The number of hydrogen-bond donors (Lipinski definition) is 3. The Balaban J connectivity index is 5.21. The summed E-state index contributed by atoms with van der Waals surface area (Å²) in [4.78, 5) is 71.9. The fourth-order valence-electron chi connectivity index (χ4n) is 8.82. The van der Waals surface area contributed by atoms with Crippen LogP contribution in [0.25, 0.3) is 0 Å². The molecule has 0 aliphatic heterocycles. The number of phosphoric ester groups is 2. The number of unbranched alkanes of at least 4 members (excludes halogenated alkanes) is 29. The molecule has 0 aromatic rings. The van der Waals surface area contributed by atoms with E-state index in [0.717, 1.165) is 115 Å². The second-order valence-electron chi connectivity index (χ2n) is 22.7. The molecule has 0 heterocycles. The van der Waals surface area contributed by atoms with Crippen LogP contribution in [0.1, 0.15) is 292 Å². The van der Waals surface area contributed by atoms with Crippen LogP contribution in [0.3, 0.4) is 0 Å². The Morgan fingerprint density at radius 3 is 0.861 bits per heavy atom. The summed E-state index contributed by atoms with van der Waals surface area (Å²) in [6.45, 7) is 9.34. The molecule has 79 heavy (non-hydrogen) atoms. The maximum absolute atomic E-state index is 12.9. The van der Waals surface area contributed by atoms with Gasteiger partial charge in [-0.1, -0.05) is 241 Å². The SMILES string of the molecule is CCCCCCCCCCC(=O)OC[C@H](COP(=O)(O)OC[C@H](O)COP(=O)(O)OC[C@@H](COC(=O)CCCCCCCCCC(C)C)OC(=O)CCCCCCCCCCCCC(C)C)OC(=O)CCCCCCCCCC. The van der Waals surface area contributed by atoms with Crippen LogP contribution in [0.5, 0.6) is 0 Å². The van der Waals surface area contributed by atoms with Crippen LogP contribution in [0.2, 0.25) is 0 Å². The molecule has 5 atom stereocenters. The molecular formula is C60H116O17P2. The summed E-state index contributed by atoms with van der Waals surface area (Å²) in [5.74, 6) is -0.688. The number of rotatable bonds is 59. The number of carbonyl (C=O) groups is 4. The van der Waals surface area contributed by atoms with Crippen LogP contribution in [0.15, 0.2) is 0 Å². The highest BCUT2D eigenvalue weighted by Crippen LogP contribution is 2.45. The summed E-state index contributed by atoms with van der Waals surface area (Å²) in [7, 11) is -9.87. The van der Waals surface area contributed by atoms with E-state index in [4.69, 9.17) is 37.0 Å². The van der Waals surface area contributed by atoms with Gasteiger partial charge < -0.3 is 33.8 Å². The van der Waals surface area contributed by atoms with Gasteiger partial charge in [0.15, 0.2) is 12.2 Å². The average molecular weight is 1170 g/mol. The lowest BCUT2D eigenvalue weighted by Gasteiger charge is -2.21. The first-order valence-electron chi connectivity index (χ1n) is 31.5. The number of ether oxygens (including phenoxy) is 4. The highest BCUT2D eigenvalue weighted by Gasteiger charge is 2.30. The summed E-state index contributed by atoms with van der Waals surface area (Å²) in [5.41, 5.74) is 0.